The van der Waals surface area contributed by atoms with Crippen molar-refractivity contribution < 1.29 is 23.5 Å². The van der Waals surface area contributed by atoms with E-state index < -0.39 is 29.1 Å². The molecule has 0 atom stereocenters. The van der Waals surface area contributed by atoms with Gasteiger partial charge in [-0.25, -0.2) is 13.6 Å². The summed E-state index contributed by atoms with van der Waals surface area (Å²) in [5.41, 5.74) is -0.537. The van der Waals surface area contributed by atoms with Crippen LogP contribution in [0.4, 0.5) is 19.3 Å². The average Bonchev–Trinajstić information content (AvgIpc) is 2.41. The smallest absolute Gasteiger partial charge is 0.326 e. The Balaban J connectivity index is 2.06. The second-order valence-electron chi connectivity index (χ2n) is 4.05. The van der Waals surface area contributed by atoms with Gasteiger partial charge in [-0.05, 0) is 36.4 Å². The van der Waals surface area contributed by atoms with Crippen LogP contribution >= 0.6 is 0 Å². The standard InChI is InChI=1S/C14H10F2N2O3/c15-10-2-1-3-11(16)12(10)13(20)18-14(21)17-8-4-6-9(19)7-5-8/h1-7,19H,(H2,17,18,20,21). The summed E-state index contributed by atoms with van der Waals surface area (Å²) in [4.78, 5) is 23.2. The highest BCUT2D eigenvalue weighted by Gasteiger charge is 2.19. The third-order valence-corrected chi connectivity index (χ3v) is 2.54. The molecular formula is C14H10F2N2O3. The van der Waals surface area contributed by atoms with E-state index in [2.05, 4.69) is 5.32 Å². The van der Waals surface area contributed by atoms with E-state index >= 15 is 0 Å². The van der Waals surface area contributed by atoms with Gasteiger partial charge in [-0.2, -0.15) is 0 Å². The van der Waals surface area contributed by atoms with E-state index in [1.807, 2.05) is 5.32 Å². The zero-order valence-electron chi connectivity index (χ0n) is 10.6. The minimum Gasteiger partial charge on any atom is -0.508 e. The van der Waals surface area contributed by atoms with Crippen molar-refractivity contribution in [2.75, 3.05) is 5.32 Å². The fourth-order valence-corrected chi connectivity index (χ4v) is 1.59. The minimum absolute atomic E-state index is 0.00506. The Labute approximate surface area is 118 Å². The first-order valence-corrected chi connectivity index (χ1v) is 5.83. The van der Waals surface area contributed by atoms with Gasteiger partial charge in [0.1, 0.15) is 22.9 Å². The molecular weight excluding hydrogens is 282 g/mol. The fraction of sp³-hybridized carbons (Fsp3) is 0. The van der Waals surface area contributed by atoms with Gasteiger partial charge in [-0.15, -0.1) is 0 Å². The predicted molar refractivity (Wildman–Crippen MR) is 70.9 cm³/mol. The van der Waals surface area contributed by atoms with Crippen LogP contribution < -0.4 is 10.6 Å². The van der Waals surface area contributed by atoms with Crippen LogP contribution in [-0.2, 0) is 0 Å². The molecule has 7 heteroatoms. The molecule has 21 heavy (non-hydrogen) atoms. The van der Waals surface area contributed by atoms with E-state index in [-0.39, 0.29) is 5.75 Å². The first-order chi connectivity index (χ1) is 9.97. The van der Waals surface area contributed by atoms with Gasteiger partial charge in [0.2, 0.25) is 0 Å². The molecule has 2 aromatic carbocycles. The quantitative estimate of drug-likeness (QED) is 0.744. The number of hydrogen-bond acceptors (Lipinski definition) is 3. The minimum atomic E-state index is -1.19. The molecule has 2 aromatic rings. The lowest BCUT2D eigenvalue weighted by Crippen LogP contribution is -2.35. The van der Waals surface area contributed by atoms with Crippen LogP contribution in [0.3, 0.4) is 0 Å². The molecule has 0 spiro atoms. The number of benzene rings is 2. The average molecular weight is 292 g/mol. The number of urea groups is 1. The molecule has 2 rings (SSSR count). The van der Waals surface area contributed by atoms with E-state index in [0.29, 0.717) is 5.69 Å². The van der Waals surface area contributed by atoms with E-state index in [1.165, 1.54) is 24.3 Å². The summed E-state index contributed by atoms with van der Waals surface area (Å²) in [6, 6.07) is 7.42. The van der Waals surface area contributed by atoms with Gasteiger partial charge in [0.15, 0.2) is 0 Å². The van der Waals surface area contributed by atoms with Crippen LogP contribution in [0.2, 0.25) is 0 Å². The lowest BCUT2D eigenvalue weighted by molar-refractivity contribution is 0.0959. The fourth-order valence-electron chi connectivity index (χ4n) is 1.59. The molecule has 0 aliphatic carbocycles. The van der Waals surface area contributed by atoms with E-state index in [9.17, 15) is 18.4 Å². The molecule has 3 N–H and O–H groups in total. The van der Waals surface area contributed by atoms with Crippen molar-refractivity contribution in [1.82, 2.24) is 5.32 Å². The maximum absolute atomic E-state index is 13.4. The molecule has 0 fully saturated rings. The number of anilines is 1. The normalized spacial score (nSPS) is 10.0. The summed E-state index contributed by atoms with van der Waals surface area (Å²) >= 11 is 0. The molecule has 0 heterocycles. The van der Waals surface area contributed by atoms with Crippen molar-refractivity contribution in [2.45, 2.75) is 0 Å². The zero-order chi connectivity index (χ0) is 15.4. The molecule has 0 saturated heterocycles. The summed E-state index contributed by atoms with van der Waals surface area (Å²) < 4.78 is 26.7. The molecule has 0 aliphatic rings. The van der Waals surface area contributed by atoms with Crippen LogP contribution in [0.1, 0.15) is 10.4 Å². The van der Waals surface area contributed by atoms with Gasteiger partial charge in [0, 0.05) is 5.69 Å². The van der Waals surface area contributed by atoms with E-state index in [0.717, 1.165) is 18.2 Å². The Kier molecular flexibility index (Phi) is 4.13. The monoisotopic (exact) mass is 292 g/mol. The number of phenolic OH excluding ortho intramolecular Hbond substituents is 1. The Morgan fingerprint density at radius 3 is 2.10 bits per heavy atom. The highest BCUT2D eigenvalue weighted by atomic mass is 19.1. The first kappa shape index (κ1) is 14.4. The molecule has 0 unspecified atom stereocenters. The number of amides is 3. The number of imide groups is 1. The second kappa shape index (κ2) is 6.00. The molecule has 0 aliphatic heterocycles. The van der Waals surface area contributed by atoms with Crippen molar-refractivity contribution >= 4 is 17.6 Å². The van der Waals surface area contributed by atoms with Gasteiger partial charge in [-0.1, -0.05) is 6.07 Å². The SMILES string of the molecule is O=C(NC(=O)c1c(F)cccc1F)Nc1ccc(O)cc1. The molecule has 0 aromatic heterocycles. The lowest BCUT2D eigenvalue weighted by atomic mass is 10.2. The van der Waals surface area contributed by atoms with Crippen molar-refractivity contribution in [2.24, 2.45) is 0 Å². The highest BCUT2D eigenvalue weighted by Crippen LogP contribution is 2.14. The topological polar surface area (TPSA) is 78.4 Å². The van der Waals surface area contributed by atoms with Crippen LogP contribution in [0.15, 0.2) is 42.5 Å². The van der Waals surface area contributed by atoms with Crippen molar-refractivity contribution in [1.29, 1.82) is 0 Å². The zero-order valence-corrected chi connectivity index (χ0v) is 10.6. The number of hydrogen-bond donors (Lipinski definition) is 3. The van der Waals surface area contributed by atoms with Crippen molar-refractivity contribution in [3.63, 3.8) is 0 Å². The van der Waals surface area contributed by atoms with E-state index in [1.54, 1.807) is 0 Å². The molecule has 0 radical (unpaired) electrons. The van der Waals surface area contributed by atoms with Gasteiger partial charge >= 0.3 is 6.03 Å². The summed E-state index contributed by atoms with van der Waals surface area (Å²) in [7, 11) is 0. The summed E-state index contributed by atoms with van der Waals surface area (Å²) in [5, 5.41) is 13.2. The van der Waals surface area contributed by atoms with Gasteiger partial charge in [0.05, 0.1) is 0 Å². The Hall–Kier alpha value is -2.96. The van der Waals surface area contributed by atoms with Gasteiger partial charge in [0.25, 0.3) is 5.91 Å². The van der Waals surface area contributed by atoms with Gasteiger partial charge in [-0.3, -0.25) is 10.1 Å². The molecule has 3 amide bonds. The summed E-state index contributed by atoms with van der Waals surface area (Å²) in [5.74, 6) is -3.32. The van der Waals surface area contributed by atoms with Crippen LogP contribution in [-0.4, -0.2) is 17.0 Å². The maximum atomic E-state index is 13.4. The van der Waals surface area contributed by atoms with Crippen LogP contribution in [0.5, 0.6) is 5.75 Å². The number of halogens is 2. The Morgan fingerprint density at radius 1 is 0.952 bits per heavy atom. The third kappa shape index (κ3) is 3.53. The largest absolute Gasteiger partial charge is 0.508 e. The summed E-state index contributed by atoms with van der Waals surface area (Å²) in [6.45, 7) is 0. The third-order valence-electron chi connectivity index (χ3n) is 2.54. The molecule has 108 valence electrons. The van der Waals surface area contributed by atoms with Crippen LogP contribution in [0.25, 0.3) is 0 Å². The molecule has 0 bridgehead atoms. The number of carbonyl (C=O) groups excluding carboxylic acids is 2. The Bertz CT molecular complexity index is 667. The second-order valence-corrected chi connectivity index (χ2v) is 4.05. The number of carbonyl (C=O) groups is 2. The number of aromatic hydroxyl groups is 1. The van der Waals surface area contributed by atoms with E-state index in [4.69, 9.17) is 5.11 Å². The number of nitrogens with one attached hydrogen (secondary N) is 2. The molecule has 0 saturated carbocycles. The maximum Gasteiger partial charge on any atom is 0.326 e. The number of phenols is 1. The first-order valence-electron chi connectivity index (χ1n) is 5.83. The number of rotatable bonds is 2. The lowest BCUT2D eigenvalue weighted by Gasteiger charge is -2.08. The highest BCUT2D eigenvalue weighted by molar-refractivity contribution is 6.08. The summed E-state index contributed by atoms with van der Waals surface area (Å²) in [6.07, 6.45) is 0. The predicted octanol–water partition coefficient (Wildman–Crippen LogP) is 2.63. The molecule has 5 nitrogen and oxygen atoms in total. The van der Waals surface area contributed by atoms with Crippen molar-refractivity contribution in [3.05, 3.63) is 59.7 Å². The van der Waals surface area contributed by atoms with Crippen LogP contribution in [0, 0.1) is 11.6 Å². The Morgan fingerprint density at radius 2 is 1.52 bits per heavy atom. The van der Waals surface area contributed by atoms with Crippen molar-refractivity contribution in [3.8, 4) is 5.75 Å². The van der Waals surface area contributed by atoms with Gasteiger partial charge < -0.3 is 10.4 Å².